The zero-order valence-electron chi connectivity index (χ0n) is 20.7. The van der Waals surface area contributed by atoms with Crippen LogP contribution >= 0.6 is 0 Å². The van der Waals surface area contributed by atoms with Gasteiger partial charge in [-0.15, -0.1) is 0 Å². The normalized spacial score (nSPS) is 16.6. The highest BCUT2D eigenvalue weighted by atomic mass is 28.3. The summed E-state index contributed by atoms with van der Waals surface area (Å²) in [5.74, 6) is 0. The molecule has 3 aromatic heterocycles. The summed E-state index contributed by atoms with van der Waals surface area (Å²) in [7, 11) is -1.11. The van der Waals surface area contributed by atoms with Crippen LogP contribution in [0.1, 0.15) is 27.2 Å². The van der Waals surface area contributed by atoms with Crippen molar-refractivity contribution in [3.05, 3.63) is 31.0 Å². The molecule has 33 heavy (non-hydrogen) atoms. The van der Waals surface area contributed by atoms with E-state index in [0.717, 1.165) is 48.0 Å². The highest BCUT2D eigenvalue weighted by molar-refractivity contribution is 6.76. The van der Waals surface area contributed by atoms with Gasteiger partial charge in [-0.2, -0.15) is 10.4 Å². The van der Waals surface area contributed by atoms with Crippen LogP contribution in [-0.4, -0.2) is 62.5 Å². The summed E-state index contributed by atoms with van der Waals surface area (Å²) >= 11 is 0. The first kappa shape index (κ1) is 23.6. The van der Waals surface area contributed by atoms with Crippen LogP contribution in [-0.2, 0) is 17.0 Å². The van der Waals surface area contributed by atoms with Gasteiger partial charge in [0.25, 0.3) is 0 Å². The Morgan fingerprint density at radius 2 is 1.97 bits per heavy atom. The van der Waals surface area contributed by atoms with Crippen molar-refractivity contribution >= 4 is 19.1 Å². The molecule has 1 aliphatic heterocycles. The number of rotatable bonds is 8. The molecule has 0 spiro atoms. The minimum atomic E-state index is -1.11. The standard InChI is InChI=1S/C24H35N7OSi/c1-23(2,3)30-15-24(16-30,8-9-25)31-14-19(13-28-31)21-20-7-10-29(22(20)27-17-26-21)18-32-11-12-33(4,5)6/h7,10,13-14,17H,8,11-12,15-16,18H2,1-6H3. The summed E-state index contributed by atoms with van der Waals surface area (Å²) in [5, 5.41) is 15.1. The molecular weight excluding hydrogens is 430 g/mol. The van der Waals surface area contributed by atoms with Crippen molar-refractivity contribution < 1.29 is 4.74 Å². The van der Waals surface area contributed by atoms with E-state index in [4.69, 9.17) is 4.74 Å². The molecule has 0 radical (unpaired) electrons. The fourth-order valence-corrected chi connectivity index (χ4v) is 4.96. The van der Waals surface area contributed by atoms with Gasteiger partial charge in [0.1, 0.15) is 24.2 Å². The van der Waals surface area contributed by atoms with Crippen molar-refractivity contribution in [2.45, 2.75) is 70.7 Å². The van der Waals surface area contributed by atoms with Crippen molar-refractivity contribution in [2.75, 3.05) is 19.7 Å². The lowest BCUT2D eigenvalue weighted by Crippen LogP contribution is -2.67. The number of hydrogen-bond acceptors (Lipinski definition) is 6. The zero-order chi connectivity index (χ0) is 23.9. The van der Waals surface area contributed by atoms with Crippen LogP contribution in [0.4, 0.5) is 0 Å². The molecule has 1 saturated heterocycles. The summed E-state index contributed by atoms with van der Waals surface area (Å²) in [6.45, 7) is 16.6. The largest absolute Gasteiger partial charge is 0.361 e. The second-order valence-corrected chi connectivity index (χ2v) is 17.0. The summed E-state index contributed by atoms with van der Waals surface area (Å²) in [6, 6.07) is 5.55. The molecule has 4 rings (SSSR count). The maximum absolute atomic E-state index is 9.48. The molecule has 1 fully saturated rings. The van der Waals surface area contributed by atoms with Gasteiger partial charge >= 0.3 is 0 Å². The van der Waals surface area contributed by atoms with Gasteiger partial charge in [0.05, 0.1) is 24.4 Å². The van der Waals surface area contributed by atoms with Crippen LogP contribution in [0.15, 0.2) is 31.0 Å². The van der Waals surface area contributed by atoms with Crippen molar-refractivity contribution in [2.24, 2.45) is 0 Å². The van der Waals surface area contributed by atoms with Crippen LogP contribution in [0.2, 0.25) is 25.7 Å². The molecule has 1 aliphatic rings. The SMILES string of the molecule is CC(C)(C)N1CC(CC#N)(n2cc(-c3ncnc4c3ccn4COCC[Si](C)(C)C)cn2)C1. The maximum atomic E-state index is 9.48. The fourth-order valence-electron chi connectivity index (χ4n) is 4.21. The number of ether oxygens (including phenoxy) is 1. The Labute approximate surface area is 197 Å². The second-order valence-electron chi connectivity index (χ2n) is 11.4. The molecule has 0 unspecified atom stereocenters. The van der Waals surface area contributed by atoms with Crippen molar-refractivity contribution in [3.63, 3.8) is 0 Å². The number of hydrogen-bond donors (Lipinski definition) is 0. The smallest absolute Gasteiger partial charge is 0.145 e. The molecule has 0 saturated carbocycles. The molecule has 0 atom stereocenters. The summed E-state index contributed by atoms with van der Waals surface area (Å²) in [4.78, 5) is 11.5. The molecule has 0 aliphatic carbocycles. The maximum Gasteiger partial charge on any atom is 0.145 e. The number of nitriles is 1. The number of fused-ring (bicyclic) bond motifs is 1. The second kappa shape index (κ2) is 8.67. The monoisotopic (exact) mass is 465 g/mol. The van der Waals surface area contributed by atoms with E-state index in [2.05, 4.69) is 66.4 Å². The molecule has 0 amide bonds. The third-order valence-electron chi connectivity index (χ3n) is 6.45. The van der Waals surface area contributed by atoms with E-state index >= 15 is 0 Å². The van der Waals surface area contributed by atoms with Crippen molar-refractivity contribution in [3.8, 4) is 17.3 Å². The summed E-state index contributed by atoms with van der Waals surface area (Å²) < 4.78 is 9.93. The minimum absolute atomic E-state index is 0.0772. The van der Waals surface area contributed by atoms with Crippen LogP contribution < -0.4 is 0 Å². The van der Waals surface area contributed by atoms with E-state index in [0.29, 0.717) is 13.2 Å². The van der Waals surface area contributed by atoms with E-state index in [1.807, 2.05) is 33.9 Å². The Morgan fingerprint density at radius 3 is 2.64 bits per heavy atom. The summed E-state index contributed by atoms with van der Waals surface area (Å²) in [5.41, 5.74) is 2.43. The predicted octanol–water partition coefficient (Wildman–Crippen LogP) is 4.33. The fraction of sp³-hybridized carbons (Fsp3) is 0.583. The van der Waals surface area contributed by atoms with Gasteiger partial charge < -0.3 is 9.30 Å². The molecule has 0 aromatic carbocycles. The first-order chi connectivity index (χ1) is 15.5. The van der Waals surface area contributed by atoms with E-state index in [-0.39, 0.29) is 11.1 Å². The number of aromatic nitrogens is 5. The Hall–Kier alpha value is -2.54. The lowest BCUT2D eigenvalue weighted by molar-refractivity contribution is -0.0530. The number of likely N-dealkylation sites (tertiary alicyclic amines) is 1. The Balaban J connectivity index is 1.55. The van der Waals surface area contributed by atoms with Gasteiger partial charge in [-0.3, -0.25) is 9.58 Å². The topological polar surface area (TPSA) is 84.8 Å². The highest BCUT2D eigenvalue weighted by Gasteiger charge is 2.48. The molecule has 4 heterocycles. The average Bonchev–Trinajstić information content (AvgIpc) is 3.33. The average molecular weight is 466 g/mol. The molecule has 0 bridgehead atoms. The first-order valence-corrected chi connectivity index (χ1v) is 15.3. The molecule has 176 valence electrons. The van der Waals surface area contributed by atoms with Crippen LogP contribution in [0.25, 0.3) is 22.3 Å². The molecule has 8 nitrogen and oxygen atoms in total. The van der Waals surface area contributed by atoms with E-state index in [9.17, 15) is 5.26 Å². The van der Waals surface area contributed by atoms with Crippen LogP contribution in [0.3, 0.4) is 0 Å². The summed E-state index contributed by atoms with van der Waals surface area (Å²) in [6.07, 6.45) is 7.92. The Bertz CT molecular complexity index is 1160. The van der Waals surface area contributed by atoms with E-state index in [1.165, 1.54) is 0 Å². The predicted molar refractivity (Wildman–Crippen MR) is 132 cm³/mol. The van der Waals surface area contributed by atoms with Gasteiger partial charge in [-0.25, -0.2) is 9.97 Å². The third kappa shape index (κ3) is 4.88. The van der Waals surface area contributed by atoms with Crippen molar-refractivity contribution in [1.82, 2.24) is 29.2 Å². The lowest BCUT2D eigenvalue weighted by Gasteiger charge is -2.54. The van der Waals surface area contributed by atoms with Gasteiger partial charge in [0, 0.05) is 56.7 Å². The Morgan fingerprint density at radius 1 is 1.21 bits per heavy atom. The van der Waals surface area contributed by atoms with Crippen LogP contribution in [0, 0.1) is 11.3 Å². The van der Waals surface area contributed by atoms with Gasteiger partial charge in [0.15, 0.2) is 0 Å². The van der Waals surface area contributed by atoms with Crippen molar-refractivity contribution in [1.29, 1.82) is 5.26 Å². The number of nitrogens with zero attached hydrogens (tertiary/aromatic N) is 7. The van der Waals surface area contributed by atoms with Crippen LogP contribution in [0.5, 0.6) is 0 Å². The van der Waals surface area contributed by atoms with Gasteiger partial charge in [0.2, 0.25) is 0 Å². The van der Waals surface area contributed by atoms with Gasteiger partial charge in [-0.05, 0) is 32.9 Å². The first-order valence-electron chi connectivity index (χ1n) is 11.6. The zero-order valence-corrected chi connectivity index (χ0v) is 21.7. The third-order valence-corrected chi connectivity index (χ3v) is 8.16. The van der Waals surface area contributed by atoms with E-state index < -0.39 is 8.07 Å². The van der Waals surface area contributed by atoms with Gasteiger partial charge in [-0.1, -0.05) is 19.6 Å². The lowest BCUT2D eigenvalue weighted by atomic mass is 9.83. The van der Waals surface area contributed by atoms with E-state index in [1.54, 1.807) is 6.33 Å². The molecule has 9 heteroatoms. The molecular formula is C24H35N7OSi. The highest BCUT2D eigenvalue weighted by Crippen LogP contribution is 2.37. The Kier molecular flexibility index (Phi) is 6.20. The molecule has 3 aromatic rings. The quantitative estimate of drug-likeness (QED) is 0.364. The minimum Gasteiger partial charge on any atom is -0.361 e. The molecule has 0 N–H and O–H groups in total.